The molecule has 2 N–H and O–H groups in total. The summed E-state index contributed by atoms with van der Waals surface area (Å²) in [7, 11) is 0. The van der Waals surface area contributed by atoms with E-state index in [1.165, 1.54) is 40.3 Å². The predicted molar refractivity (Wildman–Crippen MR) is 80.8 cm³/mol. The summed E-state index contributed by atoms with van der Waals surface area (Å²) in [6.45, 7) is 0. The number of halogens is 1. The molecule has 0 unspecified atom stereocenters. The topological polar surface area (TPSA) is 62.7 Å². The number of rotatable bonds is 3. The van der Waals surface area contributed by atoms with Crippen LogP contribution in [-0.2, 0) is 0 Å². The van der Waals surface area contributed by atoms with Gasteiger partial charge in [0.05, 0.1) is 4.88 Å². The molecule has 0 aliphatic heterocycles. The highest BCUT2D eigenvalue weighted by atomic mass is 32.1. The predicted octanol–water partition coefficient (Wildman–Crippen LogP) is 3.19. The molecule has 0 aliphatic rings. The number of nitrogens with zero attached hydrogens (tertiary/aromatic N) is 2. The second-order valence-corrected chi connectivity index (χ2v) is 5.45. The van der Waals surface area contributed by atoms with Crippen LogP contribution in [0.4, 0.5) is 4.39 Å². The van der Waals surface area contributed by atoms with Crippen molar-refractivity contribution in [2.45, 2.75) is 0 Å². The number of nitrogens with one attached hydrogen (secondary N) is 2. The van der Waals surface area contributed by atoms with Crippen LogP contribution in [0.5, 0.6) is 0 Å². The Bertz CT molecular complexity index is 821. The maximum atomic E-state index is 12.9. The highest BCUT2D eigenvalue weighted by Crippen LogP contribution is 2.22. The highest BCUT2D eigenvalue weighted by molar-refractivity contribution is 7.71. The smallest absolute Gasteiger partial charge is 0.267 e. The number of aromatic nitrogens is 3. The van der Waals surface area contributed by atoms with Crippen LogP contribution in [0, 0.1) is 10.6 Å². The molecule has 0 fully saturated rings. The van der Waals surface area contributed by atoms with Crippen molar-refractivity contribution in [1.29, 1.82) is 0 Å². The van der Waals surface area contributed by atoms with Crippen LogP contribution in [0.3, 0.4) is 0 Å². The van der Waals surface area contributed by atoms with Crippen LogP contribution in [0.2, 0.25) is 0 Å². The number of hydrogen-bond donors (Lipinski definition) is 2. The van der Waals surface area contributed by atoms with E-state index in [-0.39, 0.29) is 4.77 Å². The van der Waals surface area contributed by atoms with Gasteiger partial charge in [0.1, 0.15) is 5.82 Å². The van der Waals surface area contributed by atoms with Crippen LogP contribution in [0.1, 0.15) is 10.4 Å². The number of H-pyrrole nitrogens is 1. The van der Waals surface area contributed by atoms with E-state index in [0.717, 1.165) is 4.88 Å². The van der Waals surface area contributed by atoms with Crippen LogP contribution in [-0.4, -0.2) is 20.8 Å². The summed E-state index contributed by atoms with van der Waals surface area (Å²) in [5, 5.41) is 8.64. The molecule has 8 heteroatoms. The zero-order valence-electron chi connectivity index (χ0n) is 10.5. The number of benzene rings is 1. The van der Waals surface area contributed by atoms with Gasteiger partial charge in [-0.2, -0.15) is 5.10 Å². The quantitative estimate of drug-likeness (QED) is 0.729. The van der Waals surface area contributed by atoms with E-state index in [4.69, 9.17) is 12.2 Å². The molecule has 5 nitrogen and oxygen atoms in total. The number of carbonyl (C=O) groups excluding carboxylic acids is 1. The summed E-state index contributed by atoms with van der Waals surface area (Å²) >= 11 is 6.59. The lowest BCUT2D eigenvalue weighted by molar-refractivity contribution is 0.101. The van der Waals surface area contributed by atoms with E-state index in [1.807, 2.05) is 17.5 Å². The molecule has 0 saturated carbocycles. The third-order valence-electron chi connectivity index (χ3n) is 2.73. The van der Waals surface area contributed by atoms with Gasteiger partial charge in [0.25, 0.3) is 5.91 Å². The largest absolute Gasteiger partial charge is 0.270 e. The molecular formula is C13H9FN4OS2. The molecule has 0 atom stereocenters. The summed E-state index contributed by atoms with van der Waals surface area (Å²) in [6, 6.07) is 9.01. The Hall–Kier alpha value is -2.32. The van der Waals surface area contributed by atoms with Crippen molar-refractivity contribution in [3.8, 4) is 10.7 Å². The van der Waals surface area contributed by atoms with Crippen molar-refractivity contribution < 1.29 is 9.18 Å². The Morgan fingerprint density at radius 3 is 2.76 bits per heavy atom. The Morgan fingerprint density at radius 2 is 2.10 bits per heavy atom. The Morgan fingerprint density at radius 1 is 1.33 bits per heavy atom. The lowest BCUT2D eigenvalue weighted by atomic mass is 10.2. The molecule has 2 aromatic heterocycles. The molecule has 1 aromatic carbocycles. The standard InChI is InChI=1S/C13H9FN4OS2/c14-9-5-3-8(4-6-9)12(19)17-18-11(15-16-13(18)20)10-2-1-7-21-10/h1-7H,(H,16,20)(H,17,19). The molecule has 1 amide bonds. The van der Waals surface area contributed by atoms with Crippen LogP contribution < -0.4 is 5.43 Å². The molecule has 0 saturated heterocycles. The fourth-order valence-corrected chi connectivity index (χ4v) is 2.62. The van der Waals surface area contributed by atoms with Crippen LogP contribution >= 0.6 is 23.6 Å². The van der Waals surface area contributed by atoms with E-state index in [2.05, 4.69) is 15.6 Å². The molecule has 3 aromatic rings. The maximum absolute atomic E-state index is 12.9. The third-order valence-corrected chi connectivity index (χ3v) is 3.87. The van der Waals surface area contributed by atoms with Gasteiger partial charge in [-0.25, -0.2) is 14.2 Å². The minimum absolute atomic E-state index is 0.272. The van der Waals surface area contributed by atoms with Crippen molar-refractivity contribution in [2.24, 2.45) is 0 Å². The van der Waals surface area contributed by atoms with Gasteiger partial charge in [-0.05, 0) is 47.9 Å². The van der Waals surface area contributed by atoms with E-state index in [9.17, 15) is 9.18 Å². The Balaban J connectivity index is 1.92. The average Bonchev–Trinajstić information content (AvgIpc) is 3.10. The first-order valence-corrected chi connectivity index (χ1v) is 7.22. The van der Waals surface area contributed by atoms with Gasteiger partial charge < -0.3 is 0 Å². The molecule has 0 radical (unpaired) electrons. The van der Waals surface area contributed by atoms with Gasteiger partial charge in [0.2, 0.25) is 4.77 Å². The van der Waals surface area contributed by atoms with Gasteiger partial charge in [-0.15, -0.1) is 11.3 Å². The van der Waals surface area contributed by atoms with Crippen LogP contribution in [0.15, 0.2) is 41.8 Å². The van der Waals surface area contributed by atoms with Crippen molar-refractivity contribution >= 4 is 29.5 Å². The Kier molecular flexibility index (Phi) is 3.63. The van der Waals surface area contributed by atoms with Gasteiger partial charge in [0.15, 0.2) is 5.82 Å². The number of carbonyl (C=O) groups is 1. The van der Waals surface area contributed by atoms with Gasteiger partial charge >= 0.3 is 0 Å². The maximum Gasteiger partial charge on any atom is 0.270 e. The monoisotopic (exact) mass is 320 g/mol. The van der Waals surface area contributed by atoms with Crippen molar-refractivity contribution in [3.05, 3.63) is 57.9 Å². The first-order chi connectivity index (χ1) is 10.1. The van der Waals surface area contributed by atoms with Crippen molar-refractivity contribution in [3.63, 3.8) is 0 Å². The summed E-state index contributed by atoms with van der Waals surface area (Å²) in [6.07, 6.45) is 0. The first-order valence-electron chi connectivity index (χ1n) is 5.93. The second-order valence-electron chi connectivity index (χ2n) is 4.11. The third kappa shape index (κ3) is 2.76. The van der Waals surface area contributed by atoms with Gasteiger partial charge in [0, 0.05) is 5.56 Å². The van der Waals surface area contributed by atoms with Crippen LogP contribution in [0.25, 0.3) is 10.7 Å². The molecular weight excluding hydrogens is 311 g/mol. The fraction of sp³-hybridized carbons (Fsp3) is 0. The van der Waals surface area contributed by atoms with Crippen molar-refractivity contribution in [2.75, 3.05) is 5.43 Å². The number of thiophene rings is 1. The normalized spacial score (nSPS) is 10.5. The lowest BCUT2D eigenvalue weighted by Gasteiger charge is -2.07. The molecule has 106 valence electrons. The van der Waals surface area contributed by atoms with E-state index >= 15 is 0 Å². The first kappa shape index (κ1) is 13.7. The van der Waals surface area contributed by atoms with Crippen molar-refractivity contribution in [1.82, 2.24) is 14.9 Å². The highest BCUT2D eigenvalue weighted by Gasteiger charge is 2.13. The molecule has 21 heavy (non-hydrogen) atoms. The SMILES string of the molecule is O=C(Nn1c(-c2cccs2)n[nH]c1=S)c1ccc(F)cc1. The number of hydrogen-bond acceptors (Lipinski definition) is 4. The van der Waals surface area contributed by atoms with E-state index in [0.29, 0.717) is 11.4 Å². The Labute approximate surface area is 128 Å². The van der Waals surface area contributed by atoms with E-state index < -0.39 is 11.7 Å². The van der Waals surface area contributed by atoms with E-state index in [1.54, 1.807) is 0 Å². The second kappa shape index (κ2) is 5.58. The number of aromatic amines is 1. The molecule has 0 spiro atoms. The zero-order chi connectivity index (χ0) is 14.8. The summed E-state index contributed by atoms with van der Waals surface area (Å²) in [5.74, 6) is -0.276. The fourth-order valence-electron chi connectivity index (χ4n) is 1.74. The van der Waals surface area contributed by atoms with Gasteiger partial charge in [-0.1, -0.05) is 6.07 Å². The summed E-state index contributed by atoms with van der Waals surface area (Å²) in [5.41, 5.74) is 2.98. The zero-order valence-corrected chi connectivity index (χ0v) is 12.2. The molecule has 3 rings (SSSR count). The minimum atomic E-state index is -0.398. The summed E-state index contributed by atoms with van der Waals surface area (Å²) < 4.78 is 14.5. The minimum Gasteiger partial charge on any atom is -0.267 e. The van der Waals surface area contributed by atoms with Gasteiger partial charge in [-0.3, -0.25) is 10.2 Å². The summed E-state index contributed by atoms with van der Waals surface area (Å²) in [4.78, 5) is 13.0. The average molecular weight is 320 g/mol. The molecule has 0 aliphatic carbocycles. The number of amides is 1. The molecule has 2 heterocycles. The molecule has 0 bridgehead atoms. The lowest BCUT2D eigenvalue weighted by Crippen LogP contribution is -2.23.